The molecule has 3 rings (SSSR count). The minimum absolute atomic E-state index is 0.162. The van der Waals surface area contributed by atoms with Crippen molar-refractivity contribution >= 4 is 40.3 Å². The summed E-state index contributed by atoms with van der Waals surface area (Å²) in [6.45, 7) is 0.162. The number of fused-ring (bicyclic) bond motifs is 1. The smallest absolute Gasteiger partial charge is 0.251 e. The molecule has 106 valence electrons. The summed E-state index contributed by atoms with van der Waals surface area (Å²) < 4.78 is 5.46. The Bertz CT molecular complexity index is 784. The molecule has 1 N–H and O–H groups in total. The first-order chi connectivity index (χ1) is 10.1. The van der Waals surface area contributed by atoms with Crippen LogP contribution < -0.4 is 5.32 Å². The molecule has 1 amide bonds. The molecule has 2 heterocycles. The van der Waals surface area contributed by atoms with Crippen molar-refractivity contribution < 1.29 is 9.21 Å². The van der Waals surface area contributed by atoms with Crippen LogP contribution in [0.4, 0.5) is 0 Å². The van der Waals surface area contributed by atoms with Crippen molar-refractivity contribution in [2.45, 2.75) is 6.54 Å². The van der Waals surface area contributed by atoms with Crippen LogP contribution >= 0.6 is 23.2 Å². The highest BCUT2D eigenvalue weighted by molar-refractivity contribution is 6.42. The van der Waals surface area contributed by atoms with Crippen LogP contribution in [0.2, 0.25) is 10.0 Å². The molecule has 7 heteroatoms. The second kappa shape index (κ2) is 5.71. The predicted octanol–water partition coefficient (Wildman–Crippen LogP) is 3.46. The maximum atomic E-state index is 12.0. The first kappa shape index (κ1) is 13.9. The number of carbonyl (C=O) groups is 1. The number of hydrogen-bond donors (Lipinski definition) is 1. The van der Waals surface area contributed by atoms with Gasteiger partial charge in [0, 0.05) is 11.8 Å². The van der Waals surface area contributed by atoms with Gasteiger partial charge in [0.1, 0.15) is 0 Å². The van der Waals surface area contributed by atoms with Gasteiger partial charge in [-0.15, -0.1) is 0 Å². The van der Waals surface area contributed by atoms with Gasteiger partial charge < -0.3 is 9.73 Å². The van der Waals surface area contributed by atoms with E-state index in [-0.39, 0.29) is 12.5 Å². The van der Waals surface area contributed by atoms with Gasteiger partial charge in [-0.25, -0.2) is 4.98 Å². The molecule has 0 spiro atoms. The fraction of sp³-hybridized carbons (Fsp3) is 0.0714. The van der Waals surface area contributed by atoms with Crippen LogP contribution in [-0.4, -0.2) is 15.9 Å². The van der Waals surface area contributed by atoms with Gasteiger partial charge in [-0.05, 0) is 30.3 Å². The third kappa shape index (κ3) is 2.99. The monoisotopic (exact) mass is 321 g/mol. The number of hydrogen-bond acceptors (Lipinski definition) is 4. The maximum absolute atomic E-state index is 12.0. The van der Waals surface area contributed by atoms with E-state index in [4.69, 9.17) is 27.6 Å². The summed E-state index contributed by atoms with van der Waals surface area (Å²) in [7, 11) is 0. The Balaban J connectivity index is 1.71. The highest BCUT2D eigenvalue weighted by Crippen LogP contribution is 2.22. The zero-order valence-corrected chi connectivity index (χ0v) is 12.1. The van der Waals surface area contributed by atoms with Crippen molar-refractivity contribution in [3.8, 4) is 0 Å². The third-order valence-electron chi connectivity index (χ3n) is 2.79. The fourth-order valence-electron chi connectivity index (χ4n) is 1.78. The molecule has 0 aliphatic heterocycles. The van der Waals surface area contributed by atoms with Crippen LogP contribution in [0, 0.1) is 0 Å². The van der Waals surface area contributed by atoms with E-state index in [9.17, 15) is 4.79 Å². The fourth-order valence-corrected chi connectivity index (χ4v) is 2.08. The minimum Gasteiger partial charge on any atom is -0.437 e. The van der Waals surface area contributed by atoms with Crippen molar-refractivity contribution in [1.82, 2.24) is 15.3 Å². The topological polar surface area (TPSA) is 68.0 Å². The number of aromatic nitrogens is 2. The molecule has 0 bridgehead atoms. The minimum atomic E-state index is -0.288. The summed E-state index contributed by atoms with van der Waals surface area (Å²) in [5, 5.41) is 3.43. The van der Waals surface area contributed by atoms with Gasteiger partial charge in [0.15, 0.2) is 11.2 Å². The molecule has 0 radical (unpaired) electrons. The van der Waals surface area contributed by atoms with Gasteiger partial charge in [-0.1, -0.05) is 23.2 Å². The Morgan fingerprint density at radius 2 is 2.10 bits per heavy atom. The molecular weight excluding hydrogens is 313 g/mol. The number of nitrogens with one attached hydrogen (secondary N) is 1. The number of pyridine rings is 1. The summed E-state index contributed by atoms with van der Waals surface area (Å²) in [4.78, 5) is 20.2. The number of oxazole rings is 1. The third-order valence-corrected chi connectivity index (χ3v) is 3.53. The second-order valence-electron chi connectivity index (χ2n) is 4.24. The van der Waals surface area contributed by atoms with E-state index in [0.29, 0.717) is 32.7 Å². The molecule has 3 aromatic rings. The van der Waals surface area contributed by atoms with Crippen LogP contribution in [0.1, 0.15) is 16.2 Å². The lowest BCUT2D eigenvalue weighted by Gasteiger charge is -2.03. The Morgan fingerprint density at radius 3 is 2.86 bits per heavy atom. The first-order valence-corrected chi connectivity index (χ1v) is 6.83. The van der Waals surface area contributed by atoms with E-state index in [1.807, 2.05) is 0 Å². The van der Waals surface area contributed by atoms with Crippen molar-refractivity contribution in [2.24, 2.45) is 0 Å². The predicted molar refractivity (Wildman–Crippen MR) is 79.4 cm³/mol. The lowest BCUT2D eigenvalue weighted by Crippen LogP contribution is -2.22. The molecule has 0 aliphatic carbocycles. The summed E-state index contributed by atoms with van der Waals surface area (Å²) >= 11 is 11.7. The highest BCUT2D eigenvalue weighted by Gasteiger charge is 2.10. The SMILES string of the molecule is O=C(NCc1nc2ncccc2o1)c1ccc(Cl)c(Cl)c1. The molecule has 0 saturated heterocycles. The van der Waals surface area contributed by atoms with E-state index in [0.717, 1.165) is 0 Å². The molecule has 1 aromatic carbocycles. The van der Waals surface area contributed by atoms with E-state index < -0.39 is 0 Å². The summed E-state index contributed by atoms with van der Waals surface area (Å²) in [6, 6.07) is 8.19. The average molecular weight is 322 g/mol. The quantitative estimate of drug-likeness (QED) is 0.802. The number of benzene rings is 1. The Morgan fingerprint density at radius 1 is 1.24 bits per heavy atom. The number of carbonyl (C=O) groups excluding carboxylic acids is 1. The number of nitrogens with zero attached hydrogens (tertiary/aromatic N) is 2. The lowest BCUT2D eigenvalue weighted by atomic mass is 10.2. The zero-order valence-electron chi connectivity index (χ0n) is 10.6. The average Bonchev–Trinajstić information content (AvgIpc) is 2.90. The van der Waals surface area contributed by atoms with Crippen molar-refractivity contribution in [3.05, 3.63) is 58.0 Å². The van der Waals surface area contributed by atoms with Gasteiger partial charge >= 0.3 is 0 Å². The molecule has 0 fully saturated rings. The molecular formula is C14H9Cl2N3O2. The summed E-state index contributed by atoms with van der Waals surface area (Å²) in [6.07, 6.45) is 1.63. The van der Waals surface area contributed by atoms with Crippen molar-refractivity contribution in [3.63, 3.8) is 0 Å². The summed E-state index contributed by atoms with van der Waals surface area (Å²) in [5.74, 6) is 0.0980. The van der Waals surface area contributed by atoms with Crippen LogP contribution in [0.3, 0.4) is 0 Å². The Labute approximate surface area is 129 Å². The Kier molecular flexibility index (Phi) is 3.77. The van der Waals surface area contributed by atoms with E-state index in [1.165, 1.54) is 6.07 Å². The lowest BCUT2D eigenvalue weighted by molar-refractivity contribution is 0.0947. The molecule has 0 atom stereocenters. The second-order valence-corrected chi connectivity index (χ2v) is 5.06. The molecule has 5 nitrogen and oxygen atoms in total. The van der Waals surface area contributed by atoms with Gasteiger partial charge in [0.05, 0.1) is 16.6 Å². The molecule has 0 aliphatic rings. The summed E-state index contributed by atoms with van der Waals surface area (Å²) in [5.41, 5.74) is 1.51. The Hall–Kier alpha value is -2.11. The van der Waals surface area contributed by atoms with Crippen LogP contribution in [0.15, 0.2) is 40.9 Å². The van der Waals surface area contributed by atoms with Crippen LogP contribution in [-0.2, 0) is 6.54 Å². The number of amides is 1. The van der Waals surface area contributed by atoms with Crippen molar-refractivity contribution in [2.75, 3.05) is 0 Å². The zero-order chi connectivity index (χ0) is 14.8. The standard InChI is InChI=1S/C14H9Cl2N3O2/c15-9-4-3-8(6-10(9)16)14(20)18-7-12-19-13-11(21-12)2-1-5-17-13/h1-6H,7H2,(H,18,20). The molecule has 2 aromatic heterocycles. The molecule has 21 heavy (non-hydrogen) atoms. The molecule has 0 unspecified atom stereocenters. The van der Waals surface area contributed by atoms with E-state index in [2.05, 4.69) is 15.3 Å². The van der Waals surface area contributed by atoms with Crippen LogP contribution in [0.25, 0.3) is 11.2 Å². The van der Waals surface area contributed by atoms with E-state index >= 15 is 0 Å². The highest BCUT2D eigenvalue weighted by atomic mass is 35.5. The largest absolute Gasteiger partial charge is 0.437 e. The van der Waals surface area contributed by atoms with Crippen LogP contribution in [0.5, 0.6) is 0 Å². The maximum Gasteiger partial charge on any atom is 0.251 e. The number of rotatable bonds is 3. The van der Waals surface area contributed by atoms with Gasteiger partial charge in [0.2, 0.25) is 5.89 Å². The van der Waals surface area contributed by atoms with Gasteiger partial charge in [0.25, 0.3) is 5.91 Å². The van der Waals surface area contributed by atoms with E-state index in [1.54, 1.807) is 30.5 Å². The van der Waals surface area contributed by atoms with Gasteiger partial charge in [-0.2, -0.15) is 4.98 Å². The van der Waals surface area contributed by atoms with Gasteiger partial charge in [-0.3, -0.25) is 4.79 Å². The number of halogens is 2. The van der Waals surface area contributed by atoms with Crippen molar-refractivity contribution in [1.29, 1.82) is 0 Å². The normalized spacial score (nSPS) is 10.8. The first-order valence-electron chi connectivity index (χ1n) is 6.07. The molecule has 0 saturated carbocycles.